The van der Waals surface area contributed by atoms with Crippen molar-refractivity contribution in [2.75, 3.05) is 25.2 Å². The molecule has 1 aliphatic heterocycles. The summed E-state index contributed by atoms with van der Waals surface area (Å²) in [6.45, 7) is 2.73. The van der Waals surface area contributed by atoms with Crippen LogP contribution in [0.15, 0.2) is 0 Å². The van der Waals surface area contributed by atoms with Crippen LogP contribution in [0.1, 0.15) is 32.1 Å². The number of alkyl halides is 1. The smallest absolute Gasteiger partial charge is 0.0575 e. The molecule has 82 valence electrons. The molecular weight excluding hydrogens is 244 g/mol. The molecule has 2 rings (SSSR count). The van der Waals surface area contributed by atoms with Gasteiger partial charge in [0.2, 0.25) is 0 Å². The van der Waals surface area contributed by atoms with Crippen molar-refractivity contribution >= 4 is 15.9 Å². The molecule has 0 aromatic heterocycles. The summed E-state index contributed by atoms with van der Waals surface area (Å²) in [4.78, 5) is 0. The first-order chi connectivity index (χ1) is 6.85. The number of hydrogen-bond donors (Lipinski definition) is 0. The summed E-state index contributed by atoms with van der Waals surface area (Å²) in [6.07, 6.45) is 6.75. The molecule has 2 nitrogen and oxygen atoms in total. The van der Waals surface area contributed by atoms with Gasteiger partial charge in [-0.05, 0) is 32.1 Å². The molecular formula is C11H19BrO2. The fourth-order valence-electron chi connectivity index (χ4n) is 1.95. The van der Waals surface area contributed by atoms with Crippen LogP contribution in [0, 0.1) is 5.41 Å². The lowest BCUT2D eigenvalue weighted by atomic mass is 9.83. The summed E-state index contributed by atoms with van der Waals surface area (Å²) in [6, 6.07) is 0. The standard InChI is InChI=1S/C11H19BrO2/c12-8-11(4-6-13-7-5-11)9-14-10-2-1-3-10/h10H,1-9H2. The molecule has 0 radical (unpaired) electrons. The highest BCUT2D eigenvalue weighted by Crippen LogP contribution is 2.34. The van der Waals surface area contributed by atoms with Crippen LogP contribution < -0.4 is 0 Å². The van der Waals surface area contributed by atoms with E-state index in [1.807, 2.05) is 0 Å². The second-order valence-electron chi connectivity index (χ2n) is 4.61. The van der Waals surface area contributed by atoms with E-state index in [1.54, 1.807) is 0 Å². The van der Waals surface area contributed by atoms with E-state index >= 15 is 0 Å². The van der Waals surface area contributed by atoms with E-state index in [9.17, 15) is 0 Å². The van der Waals surface area contributed by atoms with Gasteiger partial charge in [-0.1, -0.05) is 15.9 Å². The highest BCUT2D eigenvalue weighted by Gasteiger charge is 2.33. The lowest BCUT2D eigenvalue weighted by Gasteiger charge is -2.38. The minimum Gasteiger partial charge on any atom is -0.381 e. The summed E-state index contributed by atoms with van der Waals surface area (Å²) < 4.78 is 11.3. The molecule has 0 unspecified atom stereocenters. The van der Waals surface area contributed by atoms with E-state index in [0.29, 0.717) is 11.5 Å². The third-order valence-corrected chi connectivity index (χ3v) is 4.70. The number of halogens is 1. The van der Waals surface area contributed by atoms with Gasteiger partial charge in [-0.25, -0.2) is 0 Å². The minimum atomic E-state index is 0.355. The van der Waals surface area contributed by atoms with Crippen molar-refractivity contribution in [3.05, 3.63) is 0 Å². The van der Waals surface area contributed by atoms with Gasteiger partial charge in [0.15, 0.2) is 0 Å². The van der Waals surface area contributed by atoms with Crippen molar-refractivity contribution in [2.24, 2.45) is 5.41 Å². The average molecular weight is 263 g/mol. The third-order valence-electron chi connectivity index (χ3n) is 3.51. The fourth-order valence-corrected chi connectivity index (χ4v) is 2.68. The summed E-state index contributed by atoms with van der Waals surface area (Å²) >= 11 is 3.62. The molecule has 1 saturated heterocycles. The summed E-state index contributed by atoms with van der Waals surface area (Å²) in [5.41, 5.74) is 0.355. The highest BCUT2D eigenvalue weighted by atomic mass is 79.9. The monoisotopic (exact) mass is 262 g/mol. The maximum absolute atomic E-state index is 5.93. The van der Waals surface area contributed by atoms with Crippen molar-refractivity contribution in [1.82, 2.24) is 0 Å². The Kier molecular flexibility index (Phi) is 3.86. The maximum atomic E-state index is 5.93. The van der Waals surface area contributed by atoms with Gasteiger partial charge in [-0.2, -0.15) is 0 Å². The Hall–Kier alpha value is 0.400. The first kappa shape index (κ1) is 10.9. The second-order valence-corrected chi connectivity index (χ2v) is 5.17. The van der Waals surface area contributed by atoms with Gasteiger partial charge in [-0.3, -0.25) is 0 Å². The molecule has 1 heterocycles. The Morgan fingerprint density at radius 2 is 2.00 bits per heavy atom. The Morgan fingerprint density at radius 3 is 2.50 bits per heavy atom. The summed E-state index contributed by atoms with van der Waals surface area (Å²) in [5.74, 6) is 0. The van der Waals surface area contributed by atoms with Gasteiger partial charge in [0.05, 0.1) is 12.7 Å². The van der Waals surface area contributed by atoms with Crippen LogP contribution in [-0.2, 0) is 9.47 Å². The minimum absolute atomic E-state index is 0.355. The van der Waals surface area contributed by atoms with E-state index in [0.717, 1.165) is 38.0 Å². The van der Waals surface area contributed by atoms with E-state index in [1.165, 1.54) is 19.3 Å². The van der Waals surface area contributed by atoms with Crippen molar-refractivity contribution in [3.8, 4) is 0 Å². The van der Waals surface area contributed by atoms with Crippen LogP contribution in [0.2, 0.25) is 0 Å². The molecule has 0 N–H and O–H groups in total. The Morgan fingerprint density at radius 1 is 1.29 bits per heavy atom. The van der Waals surface area contributed by atoms with Crippen LogP contribution >= 0.6 is 15.9 Å². The molecule has 14 heavy (non-hydrogen) atoms. The third kappa shape index (κ3) is 2.50. The Bertz CT molecular complexity index is 174. The fraction of sp³-hybridized carbons (Fsp3) is 1.00. The van der Waals surface area contributed by atoms with Crippen LogP contribution in [0.5, 0.6) is 0 Å². The zero-order valence-corrected chi connectivity index (χ0v) is 10.2. The largest absolute Gasteiger partial charge is 0.381 e. The number of ether oxygens (including phenoxy) is 2. The van der Waals surface area contributed by atoms with Crippen LogP contribution in [0.4, 0.5) is 0 Å². The first-order valence-electron chi connectivity index (χ1n) is 5.60. The van der Waals surface area contributed by atoms with E-state index in [4.69, 9.17) is 9.47 Å². The predicted octanol–water partition coefficient (Wildman–Crippen LogP) is 2.75. The molecule has 0 amide bonds. The molecule has 3 heteroatoms. The zero-order valence-electron chi connectivity index (χ0n) is 8.64. The Labute approximate surface area is 94.5 Å². The topological polar surface area (TPSA) is 18.5 Å². The van der Waals surface area contributed by atoms with Crippen molar-refractivity contribution in [2.45, 2.75) is 38.2 Å². The van der Waals surface area contributed by atoms with Gasteiger partial charge >= 0.3 is 0 Å². The highest BCUT2D eigenvalue weighted by molar-refractivity contribution is 9.09. The van der Waals surface area contributed by atoms with Crippen molar-refractivity contribution in [1.29, 1.82) is 0 Å². The van der Waals surface area contributed by atoms with Gasteiger partial charge in [0, 0.05) is 24.0 Å². The van der Waals surface area contributed by atoms with Crippen LogP contribution in [0.25, 0.3) is 0 Å². The number of rotatable bonds is 4. The van der Waals surface area contributed by atoms with E-state index in [2.05, 4.69) is 15.9 Å². The molecule has 0 aromatic carbocycles. The SMILES string of the molecule is BrCC1(COC2CCC2)CCOCC1. The molecule has 1 aliphatic carbocycles. The molecule has 1 saturated carbocycles. The van der Waals surface area contributed by atoms with Gasteiger partial charge in [0.25, 0.3) is 0 Å². The normalized spacial score (nSPS) is 27.2. The summed E-state index contributed by atoms with van der Waals surface area (Å²) in [7, 11) is 0. The van der Waals surface area contributed by atoms with Gasteiger partial charge < -0.3 is 9.47 Å². The quantitative estimate of drug-likeness (QED) is 0.726. The van der Waals surface area contributed by atoms with Crippen LogP contribution in [-0.4, -0.2) is 31.3 Å². The average Bonchev–Trinajstić information content (AvgIpc) is 2.17. The molecule has 0 spiro atoms. The molecule has 0 bridgehead atoms. The number of hydrogen-bond acceptors (Lipinski definition) is 2. The van der Waals surface area contributed by atoms with Crippen molar-refractivity contribution < 1.29 is 9.47 Å². The maximum Gasteiger partial charge on any atom is 0.0575 e. The lowest BCUT2D eigenvalue weighted by molar-refractivity contribution is -0.0724. The van der Waals surface area contributed by atoms with Gasteiger partial charge in [0.1, 0.15) is 0 Å². The van der Waals surface area contributed by atoms with Crippen LogP contribution in [0.3, 0.4) is 0 Å². The van der Waals surface area contributed by atoms with E-state index in [-0.39, 0.29) is 0 Å². The first-order valence-corrected chi connectivity index (χ1v) is 6.72. The predicted molar refractivity (Wildman–Crippen MR) is 59.9 cm³/mol. The molecule has 0 aromatic rings. The van der Waals surface area contributed by atoms with E-state index < -0.39 is 0 Å². The second kappa shape index (κ2) is 4.95. The molecule has 2 aliphatic rings. The molecule has 0 atom stereocenters. The zero-order chi connectivity index (χ0) is 9.86. The van der Waals surface area contributed by atoms with Crippen molar-refractivity contribution in [3.63, 3.8) is 0 Å². The Balaban J connectivity index is 1.77. The lowest BCUT2D eigenvalue weighted by Crippen LogP contribution is -2.38. The summed E-state index contributed by atoms with van der Waals surface area (Å²) in [5, 5.41) is 1.05. The van der Waals surface area contributed by atoms with Gasteiger partial charge in [-0.15, -0.1) is 0 Å². The molecule has 2 fully saturated rings.